The van der Waals surface area contributed by atoms with Crippen LogP contribution in [0.1, 0.15) is 70.7 Å². The number of amides is 11. The molecule has 87 heavy (non-hydrogen) atoms. The van der Waals surface area contributed by atoms with Gasteiger partial charge in [0, 0.05) is 54.8 Å². The average Bonchev–Trinajstić information content (AvgIpc) is 4.35. The zero-order valence-electron chi connectivity index (χ0n) is 49.0. The number of carbonyl (C=O) groups is 12. The van der Waals surface area contributed by atoms with Crippen molar-refractivity contribution in [1.29, 1.82) is 0 Å². The van der Waals surface area contributed by atoms with E-state index in [-0.39, 0.29) is 44.6 Å². The highest BCUT2D eigenvalue weighted by molar-refractivity contribution is 5.99. The lowest BCUT2D eigenvalue weighted by atomic mass is 9.99. The van der Waals surface area contributed by atoms with Crippen molar-refractivity contribution in [2.75, 3.05) is 39.4 Å². The van der Waals surface area contributed by atoms with E-state index in [2.05, 4.69) is 68.1 Å². The SMILES string of the molecule is CC(C)C[C@H](NC(=O)[C@H](Cc1c[nH]c2ccccc12)NC(=O)[C@H](Cc1cnc[nH]1)NC(=O)[C@@H](NC(=O)CNC(=O)CNC(=O)[C@H](CO)NC(=O)[C@H](C)N)C(C)C)C(=O)N[C@@H](CO)C(=O)NCC(=O)N[C@@H](Cc1ccccc1)C(=O)N1CCC[C@H]1C(=O)O. The van der Waals surface area contributed by atoms with Crippen molar-refractivity contribution < 1.29 is 72.9 Å². The largest absolute Gasteiger partial charge is 0.480 e. The first-order chi connectivity index (χ1) is 41.4. The number of aliphatic carboxylic acids is 1. The van der Waals surface area contributed by atoms with Gasteiger partial charge < -0.3 is 89.1 Å². The van der Waals surface area contributed by atoms with Crippen molar-refractivity contribution in [2.24, 2.45) is 17.6 Å². The van der Waals surface area contributed by atoms with Gasteiger partial charge in [0.25, 0.3) is 0 Å². The zero-order valence-corrected chi connectivity index (χ0v) is 49.0. The summed E-state index contributed by atoms with van der Waals surface area (Å²) >= 11 is 0. The molecule has 2 aromatic heterocycles. The molecule has 3 heterocycles. The number of aliphatic hydroxyl groups excluding tert-OH is 2. The molecule has 0 spiro atoms. The Labute approximate surface area is 500 Å². The maximum absolute atomic E-state index is 14.7. The number of aromatic amines is 2. The van der Waals surface area contributed by atoms with Gasteiger partial charge in [-0.15, -0.1) is 0 Å². The number of aliphatic hydroxyl groups is 2. The molecule has 9 atom stereocenters. The van der Waals surface area contributed by atoms with E-state index in [1.165, 1.54) is 24.3 Å². The van der Waals surface area contributed by atoms with Gasteiger partial charge >= 0.3 is 5.97 Å². The molecular weight excluding hydrogens is 1130 g/mol. The van der Waals surface area contributed by atoms with Gasteiger partial charge in [0.15, 0.2) is 0 Å². The van der Waals surface area contributed by atoms with Crippen molar-refractivity contribution in [2.45, 2.75) is 128 Å². The Hall–Kier alpha value is -9.29. The molecule has 1 saturated heterocycles. The van der Waals surface area contributed by atoms with E-state index in [1.54, 1.807) is 88.5 Å². The minimum atomic E-state index is -1.67. The molecule has 11 amide bonds. The van der Waals surface area contributed by atoms with Crippen LogP contribution in [0.25, 0.3) is 10.9 Å². The monoisotopic (exact) mass is 1210 g/mol. The molecule has 5 rings (SSSR count). The summed E-state index contributed by atoms with van der Waals surface area (Å²) in [7, 11) is 0. The third-order valence-electron chi connectivity index (χ3n) is 14.0. The Kier molecular flexibility index (Phi) is 26.3. The Morgan fingerprint density at radius 1 is 0.598 bits per heavy atom. The third-order valence-corrected chi connectivity index (χ3v) is 14.0. The number of para-hydroxylation sites is 1. The van der Waals surface area contributed by atoms with Gasteiger partial charge in [-0.3, -0.25) is 52.7 Å². The molecule has 0 radical (unpaired) electrons. The van der Waals surface area contributed by atoms with Gasteiger partial charge in [0.2, 0.25) is 65.0 Å². The number of nitrogens with zero attached hydrogens (tertiary/aromatic N) is 2. The number of nitrogens with one attached hydrogen (secondary N) is 12. The Balaban J connectivity index is 1.28. The predicted molar refractivity (Wildman–Crippen MR) is 311 cm³/mol. The normalized spacial score (nSPS) is 15.7. The first kappa shape index (κ1) is 68.5. The third kappa shape index (κ3) is 21.0. The van der Waals surface area contributed by atoms with Crippen LogP contribution >= 0.6 is 0 Å². The first-order valence-electron chi connectivity index (χ1n) is 28.4. The quantitative estimate of drug-likeness (QED) is 0.0215. The summed E-state index contributed by atoms with van der Waals surface area (Å²) in [6.45, 7) is 4.45. The van der Waals surface area contributed by atoms with Gasteiger partial charge in [0.05, 0.1) is 45.2 Å². The number of hydrogen-bond acceptors (Lipinski definition) is 16. The lowest BCUT2D eigenvalue weighted by Crippen LogP contribution is -2.61. The molecule has 2 aromatic carbocycles. The highest BCUT2D eigenvalue weighted by Crippen LogP contribution is 2.21. The molecule has 0 saturated carbocycles. The van der Waals surface area contributed by atoms with Gasteiger partial charge in [-0.1, -0.05) is 76.2 Å². The number of carboxylic acids is 1. The number of carbonyl (C=O) groups excluding carboxylic acids is 11. The second kappa shape index (κ2) is 33.4. The number of benzene rings is 2. The van der Waals surface area contributed by atoms with Crippen LogP contribution in [0.15, 0.2) is 73.3 Å². The summed E-state index contributed by atoms with van der Waals surface area (Å²) in [5.74, 6) is -11.4. The lowest BCUT2D eigenvalue weighted by Gasteiger charge is -2.28. The molecule has 0 aliphatic carbocycles. The smallest absolute Gasteiger partial charge is 0.326 e. The maximum Gasteiger partial charge on any atom is 0.326 e. The molecule has 1 aliphatic rings. The maximum atomic E-state index is 14.7. The number of carboxylic acid groups (broad SMARTS) is 1. The molecule has 30 heteroatoms. The van der Waals surface area contributed by atoms with Crippen molar-refractivity contribution in [3.8, 4) is 0 Å². The number of imidazole rings is 1. The Bertz CT molecular complexity index is 3050. The fourth-order valence-corrected chi connectivity index (χ4v) is 9.39. The topological polar surface area (TPSA) is 460 Å². The van der Waals surface area contributed by atoms with Crippen molar-refractivity contribution in [3.63, 3.8) is 0 Å². The zero-order chi connectivity index (χ0) is 63.9. The summed E-state index contributed by atoms with van der Waals surface area (Å²) < 4.78 is 0. The molecule has 0 bridgehead atoms. The van der Waals surface area contributed by atoms with Crippen molar-refractivity contribution >= 4 is 81.9 Å². The van der Waals surface area contributed by atoms with Crippen molar-refractivity contribution in [1.82, 2.24) is 73.0 Å². The van der Waals surface area contributed by atoms with E-state index in [0.717, 1.165) is 0 Å². The number of hydrogen-bond donors (Lipinski definition) is 16. The second-order valence-electron chi connectivity index (χ2n) is 21.8. The molecule has 30 nitrogen and oxygen atoms in total. The van der Waals surface area contributed by atoms with Crippen LogP contribution < -0.4 is 58.9 Å². The van der Waals surface area contributed by atoms with E-state index >= 15 is 0 Å². The van der Waals surface area contributed by atoms with Crippen LogP contribution in [-0.2, 0) is 76.8 Å². The molecule has 1 fully saturated rings. The average molecular weight is 1210 g/mol. The van der Waals surface area contributed by atoms with Crippen molar-refractivity contribution in [3.05, 3.63) is 90.1 Å². The second-order valence-corrected chi connectivity index (χ2v) is 21.8. The number of fused-ring (bicyclic) bond motifs is 1. The van der Waals surface area contributed by atoms with E-state index < -0.39 is 164 Å². The van der Waals surface area contributed by atoms with Crippen LogP contribution in [0.2, 0.25) is 0 Å². The summed E-state index contributed by atoms with van der Waals surface area (Å²) in [5.41, 5.74) is 7.80. The molecular formula is C57H79N15O15. The van der Waals surface area contributed by atoms with Crippen LogP contribution in [-0.4, -0.2) is 200 Å². The molecule has 1 aliphatic heterocycles. The van der Waals surface area contributed by atoms with Gasteiger partial charge in [-0.2, -0.15) is 0 Å². The Morgan fingerprint density at radius 2 is 1.15 bits per heavy atom. The summed E-state index contributed by atoms with van der Waals surface area (Å²) in [6, 6.07) is 3.85. The standard InChI is InChI=1S/C57H79N15O15/c1-30(2)18-38(52(81)70-43(28-74)51(80)63-26-46(76)65-41(19-33-12-7-6-8-13-33)56(85)72-17-11-16-44(72)57(86)87)66-53(82)39(20-34-22-60-37-15-10-9-14-36(34)37)67-54(83)40(21-35-23-59-29-64-35)68-55(84)48(31(3)4)71-47(77)25-61-45(75)24-62-50(79)42(27-73)69-49(78)32(5)58/h6-10,12-15,22-23,29-32,38-44,48,60,73-74H,11,16-21,24-28,58H2,1-5H3,(H,59,64)(H,61,75)(H,62,79)(H,63,80)(H,65,76)(H,66,82)(H,67,83)(H,68,84)(H,69,78)(H,70,81)(H,71,77)(H,86,87)/t32-,38-,39-,40-,41-,42-,43-,44-,48-/m0/s1. The minimum Gasteiger partial charge on any atom is -0.480 e. The summed E-state index contributed by atoms with van der Waals surface area (Å²) in [5, 5.41) is 55.1. The number of aromatic nitrogens is 3. The van der Waals surface area contributed by atoms with Gasteiger partial charge in [0.1, 0.15) is 48.3 Å². The number of nitrogens with two attached hydrogens (primary N) is 1. The van der Waals surface area contributed by atoms with Gasteiger partial charge in [-0.25, -0.2) is 9.78 Å². The highest BCUT2D eigenvalue weighted by atomic mass is 16.4. The fourth-order valence-electron chi connectivity index (χ4n) is 9.39. The number of rotatable bonds is 33. The van der Waals surface area contributed by atoms with E-state index in [0.29, 0.717) is 34.1 Å². The van der Waals surface area contributed by atoms with E-state index in [1.807, 2.05) is 0 Å². The highest BCUT2D eigenvalue weighted by Gasteiger charge is 2.39. The molecule has 0 unspecified atom stereocenters. The van der Waals surface area contributed by atoms with Crippen LogP contribution in [0, 0.1) is 11.8 Å². The molecule has 17 N–H and O–H groups in total. The fraction of sp³-hybridized carbons (Fsp3) is 0.491. The van der Waals surface area contributed by atoms with Gasteiger partial charge in [-0.05, 0) is 55.2 Å². The summed E-state index contributed by atoms with van der Waals surface area (Å²) in [4.78, 5) is 172. The molecule has 472 valence electrons. The first-order valence-corrected chi connectivity index (χ1v) is 28.4. The van der Waals surface area contributed by atoms with E-state index in [4.69, 9.17) is 5.73 Å². The van der Waals surface area contributed by atoms with E-state index in [9.17, 15) is 72.9 Å². The number of H-pyrrole nitrogens is 2. The van der Waals surface area contributed by atoms with Crippen LogP contribution in [0.3, 0.4) is 0 Å². The lowest BCUT2D eigenvalue weighted by molar-refractivity contribution is -0.149. The molecule has 4 aromatic rings. The van der Waals surface area contributed by atoms with Crippen LogP contribution in [0.4, 0.5) is 0 Å². The Morgan fingerprint density at radius 3 is 1.75 bits per heavy atom. The predicted octanol–water partition coefficient (Wildman–Crippen LogP) is -4.23. The number of likely N-dealkylation sites (tertiary alicyclic amines) is 1. The van der Waals surface area contributed by atoms with Crippen LogP contribution in [0.5, 0.6) is 0 Å². The minimum absolute atomic E-state index is 0.00445. The summed E-state index contributed by atoms with van der Waals surface area (Å²) in [6.07, 6.45) is 4.66.